The Morgan fingerprint density at radius 2 is 2.05 bits per heavy atom. The van der Waals surface area contributed by atoms with E-state index in [1.807, 2.05) is 30.3 Å². The maximum absolute atomic E-state index is 6.05. The Kier molecular flexibility index (Phi) is 6.80. The van der Waals surface area contributed by atoms with Gasteiger partial charge in [0.2, 0.25) is 0 Å². The summed E-state index contributed by atoms with van der Waals surface area (Å²) in [6.07, 6.45) is 0.999. The molecule has 0 fully saturated rings. The molecule has 0 aromatic heterocycles. The fraction of sp³-hybridized carbons (Fsp3) is 0.235. The number of para-hydroxylation sites is 1. The summed E-state index contributed by atoms with van der Waals surface area (Å²) >= 11 is 5.21. The molecule has 2 aromatic carbocycles. The molecule has 0 aliphatic carbocycles. The minimum atomic E-state index is 0.403. The SMILES string of the molecule is CCc1cccc(NC(N)=Nc2ccccc2SCCBr)c1. The van der Waals surface area contributed by atoms with Gasteiger partial charge in [0.1, 0.15) is 0 Å². The standard InChI is InChI=1S/C17H20BrN3S/c1-2-13-6-5-7-14(12-13)20-17(19)21-15-8-3-4-9-16(15)22-11-10-18/h3-9,12H,2,10-11H2,1H3,(H3,19,20,21). The molecular formula is C17H20BrN3S. The van der Waals surface area contributed by atoms with Gasteiger partial charge in [0.15, 0.2) is 5.96 Å². The van der Waals surface area contributed by atoms with Gasteiger partial charge in [0.25, 0.3) is 0 Å². The molecule has 2 rings (SSSR count). The largest absolute Gasteiger partial charge is 0.369 e. The van der Waals surface area contributed by atoms with Gasteiger partial charge in [-0.2, -0.15) is 0 Å². The highest BCUT2D eigenvalue weighted by Gasteiger charge is 2.03. The molecule has 0 radical (unpaired) electrons. The van der Waals surface area contributed by atoms with Crippen LogP contribution < -0.4 is 11.1 Å². The molecule has 0 amide bonds. The zero-order valence-corrected chi connectivity index (χ0v) is 15.0. The van der Waals surface area contributed by atoms with Crippen molar-refractivity contribution in [3.63, 3.8) is 0 Å². The molecule has 0 bridgehead atoms. The second-order valence-corrected chi connectivity index (χ2v) is 6.61. The number of hydrogen-bond donors (Lipinski definition) is 2. The first kappa shape index (κ1) is 16.9. The van der Waals surface area contributed by atoms with Crippen molar-refractivity contribution in [3.8, 4) is 0 Å². The van der Waals surface area contributed by atoms with E-state index in [1.54, 1.807) is 11.8 Å². The number of nitrogens with one attached hydrogen (secondary N) is 1. The van der Waals surface area contributed by atoms with Gasteiger partial charge in [0.05, 0.1) is 5.69 Å². The van der Waals surface area contributed by atoms with Crippen LogP contribution in [0.3, 0.4) is 0 Å². The van der Waals surface area contributed by atoms with Gasteiger partial charge in [-0.3, -0.25) is 0 Å². The molecule has 116 valence electrons. The molecule has 0 atom stereocenters. The molecule has 0 aliphatic rings. The summed E-state index contributed by atoms with van der Waals surface area (Å²) in [4.78, 5) is 5.64. The van der Waals surface area contributed by atoms with Gasteiger partial charge in [0, 0.05) is 21.7 Å². The second-order valence-electron chi connectivity index (χ2n) is 4.68. The van der Waals surface area contributed by atoms with Gasteiger partial charge < -0.3 is 11.1 Å². The number of nitrogens with two attached hydrogens (primary N) is 1. The lowest BCUT2D eigenvalue weighted by atomic mass is 10.1. The molecule has 22 heavy (non-hydrogen) atoms. The average molecular weight is 378 g/mol. The molecule has 0 saturated heterocycles. The van der Waals surface area contributed by atoms with Crippen LogP contribution in [-0.4, -0.2) is 17.0 Å². The maximum atomic E-state index is 6.05. The summed E-state index contributed by atoms with van der Waals surface area (Å²) in [5, 5.41) is 4.11. The second kappa shape index (κ2) is 8.86. The monoisotopic (exact) mass is 377 g/mol. The van der Waals surface area contributed by atoms with Crippen molar-refractivity contribution < 1.29 is 0 Å². The van der Waals surface area contributed by atoms with Crippen LogP contribution in [0.15, 0.2) is 58.4 Å². The number of thioether (sulfide) groups is 1. The van der Waals surface area contributed by atoms with Gasteiger partial charge in [-0.15, -0.1) is 11.8 Å². The van der Waals surface area contributed by atoms with Crippen molar-refractivity contribution in [3.05, 3.63) is 54.1 Å². The average Bonchev–Trinajstić information content (AvgIpc) is 2.54. The number of halogens is 1. The van der Waals surface area contributed by atoms with Crippen LogP contribution in [0.25, 0.3) is 0 Å². The fourth-order valence-electron chi connectivity index (χ4n) is 1.99. The quantitative estimate of drug-likeness (QED) is 0.329. The molecule has 0 saturated carbocycles. The van der Waals surface area contributed by atoms with Crippen LogP contribution in [0.2, 0.25) is 0 Å². The number of benzene rings is 2. The number of rotatable bonds is 6. The Morgan fingerprint density at radius 1 is 1.23 bits per heavy atom. The Bertz CT molecular complexity index is 643. The molecule has 3 N–H and O–H groups in total. The lowest BCUT2D eigenvalue weighted by Crippen LogP contribution is -2.22. The molecule has 0 aliphatic heterocycles. The Hall–Kier alpha value is -1.46. The molecule has 0 unspecified atom stereocenters. The minimum Gasteiger partial charge on any atom is -0.369 e. The number of anilines is 1. The summed E-state index contributed by atoms with van der Waals surface area (Å²) in [5.41, 5.74) is 9.17. The van der Waals surface area contributed by atoms with E-state index in [0.29, 0.717) is 5.96 Å². The number of guanidine groups is 1. The lowest BCUT2D eigenvalue weighted by molar-refractivity contribution is 1.14. The topological polar surface area (TPSA) is 50.4 Å². The van der Waals surface area contributed by atoms with Crippen LogP contribution >= 0.6 is 27.7 Å². The first-order chi connectivity index (χ1) is 10.7. The van der Waals surface area contributed by atoms with Crippen molar-refractivity contribution in [2.45, 2.75) is 18.2 Å². The third kappa shape index (κ3) is 5.07. The molecule has 2 aromatic rings. The summed E-state index contributed by atoms with van der Waals surface area (Å²) in [6.45, 7) is 2.13. The normalized spacial score (nSPS) is 11.5. The first-order valence-corrected chi connectivity index (χ1v) is 9.31. The third-order valence-electron chi connectivity index (χ3n) is 3.05. The van der Waals surface area contributed by atoms with Gasteiger partial charge in [-0.1, -0.05) is 47.1 Å². The molecule has 0 heterocycles. The van der Waals surface area contributed by atoms with Crippen molar-refractivity contribution >= 4 is 45.0 Å². The van der Waals surface area contributed by atoms with Crippen LogP contribution in [-0.2, 0) is 6.42 Å². The molecule has 0 spiro atoms. The number of hydrogen-bond acceptors (Lipinski definition) is 2. The third-order valence-corrected chi connectivity index (χ3v) is 5.03. The first-order valence-electron chi connectivity index (χ1n) is 7.21. The number of alkyl halides is 1. The van der Waals surface area contributed by atoms with Crippen molar-refractivity contribution in [2.24, 2.45) is 10.7 Å². The minimum absolute atomic E-state index is 0.403. The van der Waals surface area contributed by atoms with E-state index in [2.05, 4.69) is 51.4 Å². The number of aryl methyl sites for hydroxylation is 1. The van der Waals surface area contributed by atoms with Crippen molar-refractivity contribution in [1.29, 1.82) is 0 Å². The fourth-order valence-corrected chi connectivity index (χ4v) is 3.21. The number of aliphatic imine (C=N–C) groups is 1. The van der Waals surface area contributed by atoms with E-state index in [-0.39, 0.29) is 0 Å². The van der Waals surface area contributed by atoms with Gasteiger partial charge >= 0.3 is 0 Å². The highest BCUT2D eigenvalue weighted by atomic mass is 79.9. The van der Waals surface area contributed by atoms with E-state index < -0.39 is 0 Å². The highest BCUT2D eigenvalue weighted by molar-refractivity contribution is 9.09. The molecular weight excluding hydrogens is 358 g/mol. The zero-order chi connectivity index (χ0) is 15.8. The Labute approximate surface area is 144 Å². The van der Waals surface area contributed by atoms with Gasteiger partial charge in [-0.05, 0) is 36.2 Å². The van der Waals surface area contributed by atoms with E-state index in [4.69, 9.17) is 5.73 Å². The predicted octanol–water partition coefficient (Wildman–Crippen LogP) is 4.79. The summed E-state index contributed by atoms with van der Waals surface area (Å²) in [6, 6.07) is 16.2. The Morgan fingerprint density at radius 3 is 2.82 bits per heavy atom. The van der Waals surface area contributed by atoms with Gasteiger partial charge in [-0.25, -0.2) is 4.99 Å². The van der Waals surface area contributed by atoms with E-state index >= 15 is 0 Å². The molecule has 5 heteroatoms. The summed E-state index contributed by atoms with van der Waals surface area (Å²) in [5.74, 6) is 1.40. The van der Waals surface area contributed by atoms with Crippen LogP contribution in [0, 0.1) is 0 Å². The predicted molar refractivity (Wildman–Crippen MR) is 102 cm³/mol. The smallest absolute Gasteiger partial charge is 0.198 e. The summed E-state index contributed by atoms with van der Waals surface area (Å²) < 4.78 is 0. The van der Waals surface area contributed by atoms with E-state index in [0.717, 1.165) is 33.8 Å². The maximum Gasteiger partial charge on any atom is 0.198 e. The van der Waals surface area contributed by atoms with Crippen molar-refractivity contribution in [1.82, 2.24) is 0 Å². The van der Waals surface area contributed by atoms with Crippen LogP contribution in [0.1, 0.15) is 12.5 Å². The van der Waals surface area contributed by atoms with Crippen LogP contribution in [0.5, 0.6) is 0 Å². The van der Waals surface area contributed by atoms with Crippen molar-refractivity contribution in [2.75, 3.05) is 16.4 Å². The van der Waals surface area contributed by atoms with Crippen LogP contribution in [0.4, 0.5) is 11.4 Å². The lowest BCUT2D eigenvalue weighted by Gasteiger charge is -2.09. The van der Waals surface area contributed by atoms with E-state index in [1.165, 1.54) is 5.56 Å². The van der Waals surface area contributed by atoms with E-state index in [9.17, 15) is 0 Å². The Balaban J connectivity index is 2.14. The summed E-state index contributed by atoms with van der Waals surface area (Å²) in [7, 11) is 0. The molecule has 3 nitrogen and oxygen atoms in total. The zero-order valence-electron chi connectivity index (χ0n) is 12.6. The highest BCUT2D eigenvalue weighted by Crippen LogP contribution is 2.29. The number of nitrogens with zero attached hydrogens (tertiary/aromatic N) is 1.